The Morgan fingerprint density at radius 3 is 3.08 bits per heavy atom. The van der Waals surface area contributed by atoms with Crippen LogP contribution in [0, 0.1) is 0 Å². The molecule has 0 fully saturated rings. The molecule has 2 N–H and O–H groups in total. The number of rotatable bonds is 1. The van der Waals surface area contributed by atoms with Crippen molar-refractivity contribution in [3.63, 3.8) is 0 Å². The maximum atomic E-state index is 5.48. The first-order valence-corrected chi connectivity index (χ1v) is 3.98. The molecule has 2 rings (SSSR count). The Kier molecular flexibility index (Phi) is 1.81. The molecular formula is C9H10N3O. The van der Waals surface area contributed by atoms with E-state index in [2.05, 4.69) is 10.3 Å². The number of hydrogen-bond acceptors (Lipinski definition) is 3. The van der Waals surface area contributed by atoms with Crippen molar-refractivity contribution in [3.05, 3.63) is 23.8 Å². The zero-order valence-corrected chi connectivity index (χ0v) is 7.32. The number of aliphatic imine (C=N–C) groups is 1. The number of fused-ring (bicyclic) bond motifs is 1. The van der Waals surface area contributed by atoms with Gasteiger partial charge in [-0.15, -0.1) is 0 Å². The van der Waals surface area contributed by atoms with Crippen LogP contribution in [0.5, 0.6) is 5.75 Å². The number of hydrogen-bond donors (Lipinski definition) is 1. The Balaban J connectivity index is 2.45. The average molecular weight is 176 g/mol. The van der Waals surface area contributed by atoms with Crippen molar-refractivity contribution < 1.29 is 4.74 Å². The molecule has 0 unspecified atom stereocenters. The van der Waals surface area contributed by atoms with Gasteiger partial charge in [0.25, 0.3) is 0 Å². The third kappa shape index (κ3) is 1.42. The third-order valence-corrected chi connectivity index (χ3v) is 1.94. The maximum absolute atomic E-state index is 5.48. The minimum atomic E-state index is 0.334. The van der Waals surface area contributed by atoms with E-state index >= 15 is 0 Å². The first-order chi connectivity index (χ1) is 6.29. The van der Waals surface area contributed by atoms with E-state index in [1.54, 1.807) is 7.11 Å². The van der Waals surface area contributed by atoms with E-state index in [1.165, 1.54) is 0 Å². The fraction of sp³-hybridized carbons (Fsp3) is 0.222. The molecule has 0 saturated carbocycles. The van der Waals surface area contributed by atoms with Crippen LogP contribution >= 0.6 is 0 Å². The molecule has 1 heterocycles. The largest absolute Gasteiger partial charge is 0.497 e. The fourth-order valence-corrected chi connectivity index (χ4v) is 1.23. The molecule has 1 aliphatic heterocycles. The van der Waals surface area contributed by atoms with Gasteiger partial charge in [-0.2, -0.15) is 0 Å². The molecule has 0 spiro atoms. The summed E-state index contributed by atoms with van der Waals surface area (Å²) in [7, 11) is 1.63. The molecule has 0 bridgehead atoms. The summed E-state index contributed by atoms with van der Waals surface area (Å²) in [5, 5.41) is 4.01. The van der Waals surface area contributed by atoms with Gasteiger partial charge in [-0.25, -0.2) is 10.3 Å². The third-order valence-electron chi connectivity index (χ3n) is 1.94. The monoisotopic (exact) mass is 176 g/mol. The van der Waals surface area contributed by atoms with Crippen molar-refractivity contribution in [2.45, 2.75) is 6.54 Å². The van der Waals surface area contributed by atoms with Crippen LogP contribution in [0.2, 0.25) is 0 Å². The number of guanidine groups is 1. The van der Waals surface area contributed by atoms with E-state index < -0.39 is 0 Å². The Morgan fingerprint density at radius 1 is 1.46 bits per heavy atom. The number of nitrogens with zero attached hydrogens (tertiary/aromatic N) is 2. The van der Waals surface area contributed by atoms with Crippen molar-refractivity contribution in [3.8, 4) is 5.75 Å². The summed E-state index contributed by atoms with van der Waals surface area (Å²) in [6.45, 7) is 0.606. The highest BCUT2D eigenvalue weighted by Gasteiger charge is 2.10. The SMILES string of the molecule is COc1ccc2c(c1)N=C(N)[N]C2. The standard InChI is InChI=1S/C9H10N3O/c1-13-7-3-2-6-5-11-9(10)12-8(6)4-7/h2-4H,5H2,1H3,(H2,10,12). The number of methoxy groups -OCH3 is 1. The predicted molar refractivity (Wildman–Crippen MR) is 50.1 cm³/mol. The van der Waals surface area contributed by atoms with Gasteiger partial charge in [0.05, 0.1) is 19.3 Å². The lowest BCUT2D eigenvalue weighted by Gasteiger charge is -2.13. The quantitative estimate of drug-likeness (QED) is 0.686. The molecule has 4 nitrogen and oxygen atoms in total. The van der Waals surface area contributed by atoms with E-state index in [0.29, 0.717) is 12.5 Å². The molecule has 1 aliphatic rings. The molecule has 67 valence electrons. The van der Waals surface area contributed by atoms with Gasteiger partial charge in [0, 0.05) is 6.07 Å². The van der Waals surface area contributed by atoms with Crippen LogP contribution in [-0.4, -0.2) is 13.1 Å². The minimum Gasteiger partial charge on any atom is -0.497 e. The summed E-state index contributed by atoms with van der Waals surface area (Å²) in [5.41, 5.74) is 7.42. The second-order valence-corrected chi connectivity index (χ2v) is 2.78. The summed E-state index contributed by atoms with van der Waals surface area (Å²) in [6.07, 6.45) is 0. The molecule has 1 aromatic rings. The van der Waals surface area contributed by atoms with Gasteiger partial charge in [-0.1, -0.05) is 6.07 Å². The van der Waals surface area contributed by atoms with Gasteiger partial charge in [0.15, 0.2) is 0 Å². The van der Waals surface area contributed by atoms with Crippen LogP contribution in [-0.2, 0) is 6.54 Å². The number of nitrogens with two attached hydrogens (primary N) is 1. The summed E-state index contributed by atoms with van der Waals surface area (Å²) in [6, 6.07) is 5.70. The fourth-order valence-electron chi connectivity index (χ4n) is 1.23. The first-order valence-electron chi connectivity index (χ1n) is 3.98. The summed E-state index contributed by atoms with van der Waals surface area (Å²) in [4.78, 5) is 4.10. The van der Waals surface area contributed by atoms with Gasteiger partial charge in [-0.05, 0) is 11.6 Å². The highest BCUT2D eigenvalue weighted by molar-refractivity contribution is 5.83. The van der Waals surface area contributed by atoms with Gasteiger partial charge >= 0.3 is 0 Å². The van der Waals surface area contributed by atoms with Crippen LogP contribution in [0.4, 0.5) is 5.69 Å². The number of ether oxygens (including phenoxy) is 1. The summed E-state index contributed by atoms with van der Waals surface area (Å²) >= 11 is 0. The molecule has 0 amide bonds. The van der Waals surface area contributed by atoms with E-state index in [9.17, 15) is 0 Å². The minimum absolute atomic E-state index is 0.334. The topological polar surface area (TPSA) is 61.7 Å². The Bertz CT molecular complexity index is 360. The van der Waals surface area contributed by atoms with E-state index in [4.69, 9.17) is 10.5 Å². The lowest BCUT2D eigenvalue weighted by molar-refractivity contribution is 0.414. The molecule has 4 heteroatoms. The Morgan fingerprint density at radius 2 is 2.31 bits per heavy atom. The van der Waals surface area contributed by atoms with E-state index in [1.807, 2.05) is 18.2 Å². The van der Waals surface area contributed by atoms with Gasteiger partial charge < -0.3 is 10.5 Å². The maximum Gasteiger partial charge on any atom is 0.216 e. The van der Waals surface area contributed by atoms with Crippen LogP contribution in [0.3, 0.4) is 0 Å². The predicted octanol–water partition coefficient (Wildman–Crippen LogP) is 0.759. The van der Waals surface area contributed by atoms with Crippen LogP contribution in [0.1, 0.15) is 5.56 Å². The average Bonchev–Trinajstić information content (AvgIpc) is 2.16. The molecule has 1 aromatic carbocycles. The second kappa shape index (κ2) is 2.97. The zero-order valence-electron chi connectivity index (χ0n) is 7.32. The zero-order chi connectivity index (χ0) is 9.26. The van der Waals surface area contributed by atoms with Crippen LogP contribution < -0.4 is 15.8 Å². The molecule has 0 aromatic heterocycles. The van der Waals surface area contributed by atoms with Gasteiger partial charge in [0.2, 0.25) is 5.96 Å². The van der Waals surface area contributed by atoms with E-state index in [0.717, 1.165) is 17.0 Å². The summed E-state index contributed by atoms with van der Waals surface area (Å²) < 4.78 is 5.07. The van der Waals surface area contributed by atoms with Crippen molar-refractivity contribution in [1.82, 2.24) is 5.32 Å². The smallest absolute Gasteiger partial charge is 0.216 e. The van der Waals surface area contributed by atoms with Gasteiger partial charge in [-0.3, -0.25) is 0 Å². The van der Waals surface area contributed by atoms with Gasteiger partial charge in [0.1, 0.15) is 5.75 Å². The normalized spacial score (nSPS) is 14.1. The first kappa shape index (κ1) is 7.91. The lowest BCUT2D eigenvalue weighted by atomic mass is 10.1. The lowest BCUT2D eigenvalue weighted by Crippen LogP contribution is -2.26. The molecule has 0 atom stereocenters. The number of benzene rings is 1. The Hall–Kier alpha value is -1.71. The molecule has 1 radical (unpaired) electrons. The van der Waals surface area contributed by atoms with Crippen molar-refractivity contribution in [2.24, 2.45) is 10.7 Å². The molecule has 0 saturated heterocycles. The molecule has 13 heavy (non-hydrogen) atoms. The van der Waals surface area contributed by atoms with Crippen molar-refractivity contribution in [1.29, 1.82) is 0 Å². The van der Waals surface area contributed by atoms with E-state index in [-0.39, 0.29) is 0 Å². The molecule has 0 aliphatic carbocycles. The highest BCUT2D eigenvalue weighted by atomic mass is 16.5. The van der Waals surface area contributed by atoms with Crippen molar-refractivity contribution >= 4 is 11.6 Å². The Labute approximate surface area is 76.4 Å². The molecular weight excluding hydrogens is 166 g/mol. The second-order valence-electron chi connectivity index (χ2n) is 2.78. The van der Waals surface area contributed by atoms with Crippen molar-refractivity contribution in [2.75, 3.05) is 7.11 Å². The van der Waals surface area contributed by atoms with Crippen LogP contribution in [0.25, 0.3) is 0 Å². The van der Waals surface area contributed by atoms with Crippen LogP contribution in [0.15, 0.2) is 23.2 Å². The highest BCUT2D eigenvalue weighted by Crippen LogP contribution is 2.26. The summed E-state index contributed by atoms with van der Waals surface area (Å²) in [5.74, 6) is 1.12.